The number of nitrogens with one attached hydrogen (secondary N) is 2. The van der Waals surface area contributed by atoms with Gasteiger partial charge in [-0.05, 0) is 78.6 Å². The molecule has 2 aromatic rings. The highest BCUT2D eigenvalue weighted by Gasteiger charge is 2.26. The molecule has 0 aromatic heterocycles. The van der Waals surface area contributed by atoms with Gasteiger partial charge in [0.15, 0.2) is 5.78 Å². The number of likely N-dealkylation sites (N-methyl/N-ethyl adjacent to an activating group) is 2. The summed E-state index contributed by atoms with van der Waals surface area (Å²) in [4.78, 5) is 13.2. The van der Waals surface area contributed by atoms with Crippen LogP contribution >= 0.6 is 0 Å². The average molecular weight is 461 g/mol. The van der Waals surface area contributed by atoms with Crippen molar-refractivity contribution in [1.29, 1.82) is 0 Å². The Morgan fingerprint density at radius 1 is 1.12 bits per heavy atom. The summed E-state index contributed by atoms with van der Waals surface area (Å²) in [5.74, 6) is 0.0425. The smallest absolute Gasteiger partial charge is 0.186 e. The number of halogens is 1. The van der Waals surface area contributed by atoms with Crippen molar-refractivity contribution in [3.8, 4) is 0 Å². The normalized spacial score (nSPS) is 13.7. The molecular formula is C30H37FN2O. The molecule has 0 bridgehead atoms. The first kappa shape index (κ1) is 25.6. The Labute approximate surface area is 203 Å². The summed E-state index contributed by atoms with van der Waals surface area (Å²) < 4.78 is 12.4. The maximum Gasteiger partial charge on any atom is 0.186 e. The molecule has 3 rings (SSSR count). The van der Waals surface area contributed by atoms with Crippen molar-refractivity contribution in [3.63, 3.8) is 0 Å². The highest BCUT2D eigenvalue weighted by molar-refractivity contribution is 6.12. The minimum atomic E-state index is -0.267. The standard InChI is InChI=1S/C30H37FN2O/c1-5-28(33-7-3)30-24(18-21(4)32-6-2)15-16-26-27(30)19-25(20-29(26)34)23-13-11-22(12-14-23)10-8-9-17-31/h5,11-16,20,28,32-33H,1,4,6-10,17-19H2,2-3H3. The molecule has 1 atom stereocenters. The summed E-state index contributed by atoms with van der Waals surface area (Å²) in [6.45, 7) is 13.8. The van der Waals surface area contributed by atoms with Gasteiger partial charge in [0, 0.05) is 24.2 Å². The van der Waals surface area contributed by atoms with Gasteiger partial charge in [-0.2, -0.15) is 0 Å². The molecule has 0 radical (unpaired) electrons. The van der Waals surface area contributed by atoms with E-state index in [0.29, 0.717) is 19.3 Å². The Bertz CT molecular complexity index is 1050. The van der Waals surface area contributed by atoms with Gasteiger partial charge < -0.3 is 10.6 Å². The monoisotopic (exact) mass is 460 g/mol. The number of hydrogen-bond donors (Lipinski definition) is 2. The van der Waals surface area contributed by atoms with Crippen LogP contribution in [0, 0.1) is 0 Å². The molecule has 0 saturated carbocycles. The molecule has 2 aromatic carbocycles. The number of aryl methyl sites for hydroxylation is 1. The number of benzene rings is 2. The lowest BCUT2D eigenvalue weighted by Crippen LogP contribution is -2.25. The van der Waals surface area contributed by atoms with E-state index in [0.717, 1.165) is 65.0 Å². The Kier molecular flexibility index (Phi) is 9.41. The van der Waals surface area contributed by atoms with Crippen LogP contribution < -0.4 is 10.6 Å². The fourth-order valence-corrected chi connectivity index (χ4v) is 4.71. The Morgan fingerprint density at radius 2 is 1.88 bits per heavy atom. The van der Waals surface area contributed by atoms with Gasteiger partial charge in [-0.3, -0.25) is 9.18 Å². The number of carbonyl (C=O) groups excluding carboxylic acids is 1. The molecule has 1 unspecified atom stereocenters. The van der Waals surface area contributed by atoms with E-state index in [-0.39, 0.29) is 18.5 Å². The van der Waals surface area contributed by atoms with Crippen LogP contribution in [0.3, 0.4) is 0 Å². The minimum Gasteiger partial charge on any atom is -0.389 e. The Hall–Kier alpha value is -2.98. The van der Waals surface area contributed by atoms with E-state index in [9.17, 15) is 9.18 Å². The second-order valence-electron chi connectivity index (χ2n) is 8.80. The van der Waals surface area contributed by atoms with Crippen molar-refractivity contribution in [3.05, 3.63) is 101 Å². The molecule has 0 amide bonds. The van der Waals surface area contributed by atoms with E-state index in [2.05, 4.69) is 68.0 Å². The van der Waals surface area contributed by atoms with Gasteiger partial charge in [0.05, 0.1) is 12.7 Å². The summed E-state index contributed by atoms with van der Waals surface area (Å²) in [6.07, 6.45) is 7.41. The average Bonchev–Trinajstić information content (AvgIpc) is 2.83. The topological polar surface area (TPSA) is 41.1 Å². The van der Waals surface area contributed by atoms with Crippen LogP contribution in [0.5, 0.6) is 0 Å². The lowest BCUT2D eigenvalue weighted by Gasteiger charge is -2.27. The molecule has 0 fully saturated rings. The number of ketones is 1. The SMILES string of the molecule is C=CC(NCC)c1c(CC(=C)NCC)ccc2c1CC(c1ccc(CCCCF)cc1)=CC2=O. The zero-order chi connectivity index (χ0) is 24.5. The second-order valence-corrected chi connectivity index (χ2v) is 8.80. The van der Waals surface area contributed by atoms with Crippen molar-refractivity contribution < 1.29 is 9.18 Å². The van der Waals surface area contributed by atoms with Gasteiger partial charge in [-0.1, -0.05) is 56.0 Å². The van der Waals surface area contributed by atoms with Crippen LogP contribution in [0.25, 0.3) is 5.57 Å². The third kappa shape index (κ3) is 6.12. The zero-order valence-electron chi connectivity index (χ0n) is 20.6. The molecule has 1 aliphatic carbocycles. The Morgan fingerprint density at radius 3 is 2.53 bits per heavy atom. The van der Waals surface area contributed by atoms with Gasteiger partial charge in [0.25, 0.3) is 0 Å². The van der Waals surface area contributed by atoms with Crippen LogP contribution in [0.2, 0.25) is 0 Å². The number of allylic oxidation sites excluding steroid dienone is 3. The van der Waals surface area contributed by atoms with E-state index in [4.69, 9.17) is 0 Å². The molecule has 0 saturated heterocycles. The fourth-order valence-electron chi connectivity index (χ4n) is 4.71. The first-order valence-electron chi connectivity index (χ1n) is 12.3. The fraction of sp³-hybridized carbons (Fsp3) is 0.367. The third-order valence-electron chi connectivity index (χ3n) is 6.36. The molecule has 2 N–H and O–H groups in total. The van der Waals surface area contributed by atoms with E-state index >= 15 is 0 Å². The maximum atomic E-state index is 13.2. The summed E-state index contributed by atoms with van der Waals surface area (Å²) in [6, 6.07) is 12.3. The minimum absolute atomic E-state index is 0.0425. The number of alkyl halides is 1. The van der Waals surface area contributed by atoms with Crippen molar-refractivity contribution in [2.75, 3.05) is 19.8 Å². The van der Waals surface area contributed by atoms with Gasteiger partial charge in [0.1, 0.15) is 0 Å². The lowest BCUT2D eigenvalue weighted by molar-refractivity contribution is 0.104. The summed E-state index contributed by atoms with van der Waals surface area (Å²) >= 11 is 0. The largest absolute Gasteiger partial charge is 0.389 e. The maximum absolute atomic E-state index is 13.2. The van der Waals surface area contributed by atoms with Crippen molar-refractivity contribution in [2.45, 2.75) is 52.0 Å². The first-order chi connectivity index (χ1) is 16.5. The molecule has 0 heterocycles. The molecule has 1 aliphatic rings. The van der Waals surface area contributed by atoms with Crippen LogP contribution in [0.1, 0.15) is 70.9 Å². The first-order valence-corrected chi connectivity index (χ1v) is 12.3. The van der Waals surface area contributed by atoms with Crippen LogP contribution in [0.4, 0.5) is 4.39 Å². The molecule has 180 valence electrons. The van der Waals surface area contributed by atoms with E-state index in [1.165, 1.54) is 5.56 Å². The van der Waals surface area contributed by atoms with E-state index in [1.54, 1.807) is 6.08 Å². The molecule has 34 heavy (non-hydrogen) atoms. The second kappa shape index (κ2) is 12.5. The number of hydrogen-bond acceptors (Lipinski definition) is 3. The molecule has 3 nitrogen and oxygen atoms in total. The van der Waals surface area contributed by atoms with Crippen molar-refractivity contribution in [2.24, 2.45) is 0 Å². The van der Waals surface area contributed by atoms with Gasteiger partial charge in [-0.25, -0.2) is 0 Å². The molecule has 4 heteroatoms. The van der Waals surface area contributed by atoms with Gasteiger partial charge in [0.2, 0.25) is 0 Å². The highest BCUT2D eigenvalue weighted by Crippen LogP contribution is 2.35. The van der Waals surface area contributed by atoms with Crippen molar-refractivity contribution >= 4 is 11.4 Å². The lowest BCUT2D eigenvalue weighted by atomic mass is 9.80. The number of carbonyl (C=O) groups is 1. The van der Waals surface area contributed by atoms with Crippen LogP contribution in [-0.4, -0.2) is 25.5 Å². The van der Waals surface area contributed by atoms with E-state index in [1.807, 2.05) is 12.1 Å². The zero-order valence-corrected chi connectivity index (χ0v) is 20.6. The summed E-state index contributed by atoms with van der Waals surface area (Å²) in [5.41, 5.74) is 8.37. The number of fused-ring (bicyclic) bond motifs is 1. The predicted molar refractivity (Wildman–Crippen MR) is 141 cm³/mol. The van der Waals surface area contributed by atoms with E-state index < -0.39 is 0 Å². The predicted octanol–water partition coefficient (Wildman–Crippen LogP) is 6.30. The van der Waals surface area contributed by atoms with Crippen molar-refractivity contribution in [1.82, 2.24) is 10.6 Å². The van der Waals surface area contributed by atoms with Gasteiger partial charge >= 0.3 is 0 Å². The van der Waals surface area contributed by atoms with Gasteiger partial charge in [-0.15, -0.1) is 6.58 Å². The number of rotatable bonds is 13. The quantitative estimate of drug-likeness (QED) is 0.272. The molecule has 0 aliphatic heterocycles. The summed E-state index contributed by atoms with van der Waals surface area (Å²) in [7, 11) is 0. The summed E-state index contributed by atoms with van der Waals surface area (Å²) in [5, 5.41) is 6.84. The van der Waals surface area contributed by atoms with Crippen LogP contribution in [-0.2, 0) is 19.3 Å². The Balaban J connectivity index is 1.97. The molecular weight excluding hydrogens is 423 g/mol. The van der Waals surface area contributed by atoms with Crippen LogP contribution in [0.15, 0.2) is 67.4 Å². The third-order valence-corrected chi connectivity index (χ3v) is 6.36. The number of unbranched alkanes of at least 4 members (excludes halogenated alkanes) is 1. The molecule has 0 spiro atoms. The highest BCUT2D eigenvalue weighted by atomic mass is 19.1.